The van der Waals surface area contributed by atoms with Crippen LogP contribution in [0.4, 0.5) is 5.69 Å². The summed E-state index contributed by atoms with van der Waals surface area (Å²) < 4.78 is 27.4. The van der Waals surface area contributed by atoms with Crippen molar-refractivity contribution in [2.45, 2.75) is 19.0 Å². The van der Waals surface area contributed by atoms with Crippen molar-refractivity contribution in [2.24, 2.45) is 0 Å². The number of hydrogen-bond acceptors (Lipinski definition) is 5. The first-order valence-electron chi connectivity index (χ1n) is 9.59. The van der Waals surface area contributed by atoms with E-state index in [-0.39, 0.29) is 5.91 Å². The first-order chi connectivity index (χ1) is 14.3. The third-order valence-corrected chi connectivity index (χ3v) is 6.14. The Bertz CT molecular complexity index is 928. The van der Waals surface area contributed by atoms with Crippen LogP contribution in [0.2, 0.25) is 0 Å². The lowest BCUT2D eigenvalue weighted by Crippen LogP contribution is -2.46. The average Bonchev–Trinajstić information content (AvgIpc) is 2.74. The molecule has 0 aliphatic rings. The molecule has 1 atom stereocenters. The van der Waals surface area contributed by atoms with Crippen LogP contribution in [-0.4, -0.2) is 46.5 Å². The molecule has 0 heterocycles. The number of hydrogen-bond donors (Lipinski definition) is 2. The summed E-state index contributed by atoms with van der Waals surface area (Å²) in [5, 5.41) is 3.94. The molecular weight excluding hydrogens is 418 g/mol. The molecule has 2 rings (SSSR count). The van der Waals surface area contributed by atoms with E-state index in [4.69, 9.17) is 0 Å². The second kappa shape index (κ2) is 11.8. The highest BCUT2D eigenvalue weighted by Gasteiger charge is 2.22. The Morgan fingerprint density at radius 2 is 1.77 bits per heavy atom. The number of carbonyl (C=O) groups is 1. The Kier molecular flexibility index (Phi) is 9.42. The number of thioether (sulfide) groups is 1. The summed E-state index contributed by atoms with van der Waals surface area (Å²) in [5.41, 5.74) is 2.79. The van der Waals surface area contributed by atoms with Crippen LogP contribution in [0.25, 0.3) is 6.08 Å². The molecule has 0 radical (unpaired) electrons. The molecule has 0 spiro atoms. The minimum Gasteiger partial charge on any atom is -0.378 e. The lowest BCUT2D eigenvalue weighted by molar-refractivity contribution is -0.122. The summed E-state index contributed by atoms with van der Waals surface area (Å²) in [6.07, 6.45) is 3.84. The third-order valence-electron chi connectivity index (χ3n) is 4.39. The normalized spacial score (nSPS) is 12.6. The van der Waals surface area contributed by atoms with Gasteiger partial charge in [-0.1, -0.05) is 42.5 Å². The zero-order valence-electron chi connectivity index (χ0n) is 17.5. The maximum Gasteiger partial charge on any atom is 0.238 e. The van der Waals surface area contributed by atoms with E-state index in [9.17, 15) is 13.2 Å². The van der Waals surface area contributed by atoms with E-state index in [2.05, 4.69) is 10.0 Å². The highest BCUT2D eigenvalue weighted by molar-refractivity contribution is 7.98. The predicted molar refractivity (Wildman–Crippen MR) is 127 cm³/mol. The van der Waals surface area contributed by atoms with E-state index in [0.29, 0.717) is 18.7 Å². The molecule has 0 aromatic heterocycles. The second-order valence-electron chi connectivity index (χ2n) is 6.99. The number of carbonyl (C=O) groups excluding carboxylic acids is 1. The van der Waals surface area contributed by atoms with Gasteiger partial charge in [-0.05, 0) is 47.8 Å². The van der Waals surface area contributed by atoms with Crippen LogP contribution in [0.15, 0.2) is 60.0 Å². The Hall–Kier alpha value is -2.29. The van der Waals surface area contributed by atoms with Crippen molar-refractivity contribution < 1.29 is 13.2 Å². The fourth-order valence-electron chi connectivity index (χ4n) is 2.67. The Morgan fingerprint density at radius 1 is 1.10 bits per heavy atom. The highest BCUT2D eigenvalue weighted by Crippen LogP contribution is 2.12. The van der Waals surface area contributed by atoms with Crippen LogP contribution in [0.1, 0.15) is 17.5 Å². The number of anilines is 1. The van der Waals surface area contributed by atoms with Crippen LogP contribution in [0.5, 0.6) is 0 Å². The molecule has 0 aliphatic heterocycles. The Labute approximate surface area is 183 Å². The maximum absolute atomic E-state index is 12.7. The maximum atomic E-state index is 12.7. The van der Waals surface area contributed by atoms with Gasteiger partial charge < -0.3 is 10.2 Å². The summed E-state index contributed by atoms with van der Waals surface area (Å²) in [6, 6.07) is 16.2. The van der Waals surface area contributed by atoms with Gasteiger partial charge in [0.15, 0.2) is 0 Å². The van der Waals surface area contributed by atoms with Gasteiger partial charge in [0, 0.05) is 31.7 Å². The molecule has 2 aromatic carbocycles. The minimum atomic E-state index is -3.76. The van der Waals surface area contributed by atoms with Crippen molar-refractivity contribution >= 4 is 39.5 Å². The van der Waals surface area contributed by atoms with E-state index in [1.165, 1.54) is 6.08 Å². The smallest absolute Gasteiger partial charge is 0.238 e. The van der Waals surface area contributed by atoms with Crippen molar-refractivity contribution in [3.8, 4) is 0 Å². The fraction of sp³-hybridized carbons (Fsp3) is 0.318. The van der Waals surface area contributed by atoms with Crippen molar-refractivity contribution in [1.29, 1.82) is 0 Å². The van der Waals surface area contributed by atoms with Crippen molar-refractivity contribution in [2.75, 3.05) is 31.0 Å². The lowest BCUT2D eigenvalue weighted by atomic mass is 10.2. The SMILES string of the molecule is CSCCC(NS(=O)(=O)/C=C/c1ccccc1)C(=O)NCc1ccc(N(C)C)cc1. The number of rotatable bonds is 11. The molecule has 162 valence electrons. The zero-order valence-corrected chi connectivity index (χ0v) is 19.2. The zero-order chi connectivity index (χ0) is 22.0. The van der Waals surface area contributed by atoms with E-state index < -0.39 is 16.1 Å². The fourth-order valence-corrected chi connectivity index (χ4v) is 4.18. The van der Waals surface area contributed by atoms with Gasteiger partial charge >= 0.3 is 0 Å². The number of nitrogens with zero attached hydrogens (tertiary/aromatic N) is 1. The standard InChI is InChI=1S/C22H29N3O3S2/c1-25(2)20-11-9-19(10-12-20)17-23-22(26)21(13-15-29-3)24-30(27,28)16-14-18-7-5-4-6-8-18/h4-12,14,16,21,24H,13,15,17H2,1-3H3,(H,23,26)/b16-14+. The van der Waals surface area contributed by atoms with Crippen molar-refractivity contribution in [1.82, 2.24) is 10.0 Å². The number of benzene rings is 2. The van der Waals surface area contributed by atoms with Crippen LogP contribution in [0.3, 0.4) is 0 Å². The first kappa shape index (κ1) is 24.0. The Morgan fingerprint density at radius 3 is 2.37 bits per heavy atom. The molecular formula is C22H29N3O3S2. The molecule has 1 amide bonds. The molecule has 0 bridgehead atoms. The molecule has 6 nitrogen and oxygen atoms in total. The summed E-state index contributed by atoms with van der Waals surface area (Å²) in [6.45, 7) is 0.337. The first-order valence-corrected chi connectivity index (χ1v) is 12.5. The topological polar surface area (TPSA) is 78.5 Å². The average molecular weight is 448 g/mol. The van der Waals surface area contributed by atoms with E-state index in [0.717, 1.165) is 22.2 Å². The van der Waals surface area contributed by atoms with E-state index in [1.807, 2.05) is 79.8 Å². The Balaban J connectivity index is 2.00. The number of nitrogens with one attached hydrogen (secondary N) is 2. The van der Waals surface area contributed by atoms with Crippen molar-refractivity contribution in [3.63, 3.8) is 0 Å². The van der Waals surface area contributed by atoms with Crippen LogP contribution in [-0.2, 0) is 21.4 Å². The molecule has 2 N–H and O–H groups in total. The molecule has 0 aliphatic carbocycles. The number of amides is 1. The highest BCUT2D eigenvalue weighted by atomic mass is 32.2. The quantitative estimate of drug-likeness (QED) is 0.554. The molecule has 1 unspecified atom stereocenters. The van der Waals surface area contributed by atoms with Gasteiger partial charge in [-0.3, -0.25) is 4.79 Å². The van der Waals surface area contributed by atoms with Crippen molar-refractivity contribution in [3.05, 3.63) is 71.1 Å². The summed E-state index contributed by atoms with van der Waals surface area (Å²) in [4.78, 5) is 14.7. The summed E-state index contributed by atoms with van der Waals surface area (Å²) >= 11 is 1.56. The van der Waals surface area contributed by atoms with Gasteiger partial charge in [-0.25, -0.2) is 8.42 Å². The number of sulfonamides is 1. The van der Waals surface area contributed by atoms with Crippen LogP contribution in [0, 0.1) is 0 Å². The largest absolute Gasteiger partial charge is 0.378 e. The molecule has 8 heteroatoms. The van der Waals surface area contributed by atoms with Gasteiger partial charge in [0.1, 0.15) is 6.04 Å². The minimum absolute atomic E-state index is 0.336. The van der Waals surface area contributed by atoms with E-state index >= 15 is 0 Å². The third kappa shape index (κ3) is 8.22. The molecule has 0 saturated carbocycles. The van der Waals surface area contributed by atoms with Crippen LogP contribution < -0.4 is 14.9 Å². The van der Waals surface area contributed by atoms with Gasteiger partial charge in [0.2, 0.25) is 15.9 Å². The van der Waals surface area contributed by atoms with Gasteiger partial charge in [-0.15, -0.1) is 0 Å². The second-order valence-corrected chi connectivity index (χ2v) is 9.57. The molecule has 2 aromatic rings. The van der Waals surface area contributed by atoms with Gasteiger partial charge in [-0.2, -0.15) is 16.5 Å². The van der Waals surface area contributed by atoms with E-state index in [1.54, 1.807) is 11.8 Å². The monoisotopic (exact) mass is 447 g/mol. The predicted octanol–water partition coefficient (Wildman–Crippen LogP) is 3.08. The van der Waals surface area contributed by atoms with Crippen LogP contribution >= 0.6 is 11.8 Å². The molecule has 30 heavy (non-hydrogen) atoms. The summed E-state index contributed by atoms with van der Waals surface area (Å²) in [7, 11) is 0.169. The molecule has 0 saturated heterocycles. The van der Waals surface area contributed by atoms with Gasteiger partial charge in [0.25, 0.3) is 0 Å². The lowest BCUT2D eigenvalue weighted by Gasteiger charge is -2.17. The van der Waals surface area contributed by atoms with Gasteiger partial charge in [0.05, 0.1) is 0 Å². The molecule has 0 fully saturated rings. The summed E-state index contributed by atoms with van der Waals surface area (Å²) in [5.74, 6) is 0.331.